The number of hydrogen-bond acceptors (Lipinski definition) is 4. The molecule has 0 spiro atoms. The second kappa shape index (κ2) is 7.70. The lowest BCUT2D eigenvalue weighted by Crippen LogP contribution is -2.19. The van der Waals surface area contributed by atoms with Crippen LogP contribution in [0, 0.1) is 0 Å². The van der Waals surface area contributed by atoms with Crippen molar-refractivity contribution in [2.45, 2.75) is 13.3 Å². The van der Waals surface area contributed by atoms with Crippen LogP contribution in [0.1, 0.15) is 18.9 Å². The largest absolute Gasteiger partial charge is 0.495 e. The molecule has 0 heterocycles. The summed E-state index contributed by atoms with van der Waals surface area (Å²) in [5.74, 6) is 0.281. The molecule has 1 rings (SSSR count). The van der Waals surface area contributed by atoms with E-state index < -0.39 is 0 Å². The van der Waals surface area contributed by atoms with Gasteiger partial charge in [-0.05, 0) is 24.6 Å². The van der Waals surface area contributed by atoms with Gasteiger partial charge < -0.3 is 20.5 Å². The topological polar surface area (TPSA) is 73.6 Å². The molecular formula is C13H18N2O3S. The van der Waals surface area contributed by atoms with E-state index in [0.717, 1.165) is 6.42 Å². The molecule has 1 aromatic rings. The Kier molecular flexibility index (Phi) is 6.24. The highest BCUT2D eigenvalue weighted by molar-refractivity contribution is 7.80. The van der Waals surface area contributed by atoms with Crippen molar-refractivity contribution in [3.05, 3.63) is 23.8 Å². The van der Waals surface area contributed by atoms with Crippen LogP contribution in [-0.4, -0.2) is 31.2 Å². The van der Waals surface area contributed by atoms with E-state index in [-0.39, 0.29) is 17.5 Å². The SMILES string of the molecule is CCCOCC(=O)Nc1ccc(C(N)=S)cc1OC. The van der Waals surface area contributed by atoms with Crippen LogP contribution < -0.4 is 15.8 Å². The molecular weight excluding hydrogens is 264 g/mol. The second-order valence-electron chi connectivity index (χ2n) is 3.88. The molecule has 19 heavy (non-hydrogen) atoms. The summed E-state index contributed by atoms with van der Waals surface area (Å²) in [6, 6.07) is 5.11. The molecule has 1 amide bonds. The van der Waals surface area contributed by atoms with Gasteiger partial charge in [-0.15, -0.1) is 0 Å². The highest BCUT2D eigenvalue weighted by atomic mass is 32.1. The van der Waals surface area contributed by atoms with Gasteiger partial charge in [0.05, 0.1) is 12.8 Å². The number of nitrogens with two attached hydrogens (primary N) is 1. The van der Waals surface area contributed by atoms with Crippen LogP contribution in [0.3, 0.4) is 0 Å². The number of rotatable bonds is 7. The fourth-order valence-corrected chi connectivity index (χ4v) is 1.57. The standard InChI is InChI=1S/C13H18N2O3S/c1-3-6-18-8-12(16)15-10-5-4-9(13(14)19)7-11(10)17-2/h4-5,7H,3,6,8H2,1-2H3,(H2,14,19)(H,15,16). The van der Waals surface area contributed by atoms with Gasteiger partial charge in [-0.1, -0.05) is 19.1 Å². The van der Waals surface area contributed by atoms with Crippen molar-refractivity contribution < 1.29 is 14.3 Å². The second-order valence-corrected chi connectivity index (χ2v) is 4.32. The average molecular weight is 282 g/mol. The Morgan fingerprint density at radius 2 is 2.21 bits per heavy atom. The van der Waals surface area contributed by atoms with Crippen molar-refractivity contribution in [3.63, 3.8) is 0 Å². The van der Waals surface area contributed by atoms with E-state index >= 15 is 0 Å². The molecule has 0 unspecified atom stereocenters. The summed E-state index contributed by atoms with van der Waals surface area (Å²) in [7, 11) is 1.52. The van der Waals surface area contributed by atoms with E-state index in [1.807, 2.05) is 6.92 Å². The number of nitrogens with one attached hydrogen (secondary N) is 1. The minimum atomic E-state index is -0.227. The van der Waals surface area contributed by atoms with Gasteiger partial charge in [0.2, 0.25) is 5.91 Å². The van der Waals surface area contributed by atoms with Crippen molar-refractivity contribution in [1.29, 1.82) is 0 Å². The number of methoxy groups -OCH3 is 1. The molecule has 0 aliphatic heterocycles. The van der Waals surface area contributed by atoms with Crippen molar-refractivity contribution in [2.24, 2.45) is 5.73 Å². The number of hydrogen-bond donors (Lipinski definition) is 2. The summed E-state index contributed by atoms with van der Waals surface area (Å²) in [5, 5.41) is 2.71. The number of carbonyl (C=O) groups excluding carboxylic acids is 1. The first-order valence-corrected chi connectivity index (χ1v) is 6.34. The molecule has 0 fully saturated rings. The van der Waals surface area contributed by atoms with Crippen LogP contribution in [0.15, 0.2) is 18.2 Å². The van der Waals surface area contributed by atoms with Crippen LogP contribution in [0.4, 0.5) is 5.69 Å². The van der Waals surface area contributed by atoms with E-state index in [1.165, 1.54) is 7.11 Å². The average Bonchev–Trinajstić information content (AvgIpc) is 2.39. The van der Waals surface area contributed by atoms with Gasteiger partial charge in [-0.25, -0.2) is 0 Å². The number of amides is 1. The minimum Gasteiger partial charge on any atom is -0.495 e. The Hall–Kier alpha value is -1.66. The molecule has 0 saturated carbocycles. The molecule has 0 aliphatic carbocycles. The molecule has 6 heteroatoms. The van der Waals surface area contributed by atoms with Crippen LogP contribution in [0.2, 0.25) is 0 Å². The Labute approximate surface area is 118 Å². The third-order valence-electron chi connectivity index (χ3n) is 2.34. The number of anilines is 1. The lowest BCUT2D eigenvalue weighted by Gasteiger charge is -2.11. The van der Waals surface area contributed by atoms with Crippen LogP contribution in [-0.2, 0) is 9.53 Å². The Morgan fingerprint density at radius 3 is 2.79 bits per heavy atom. The number of thiocarbonyl (C=S) groups is 1. The van der Waals surface area contributed by atoms with Crippen molar-refractivity contribution in [2.75, 3.05) is 25.6 Å². The van der Waals surface area contributed by atoms with E-state index in [9.17, 15) is 4.79 Å². The summed E-state index contributed by atoms with van der Waals surface area (Å²) < 4.78 is 10.4. The van der Waals surface area contributed by atoms with Gasteiger partial charge in [-0.2, -0.15) is 0 Å². The first kappa shape index (κ1) is 15.4. The summed E-state index contributed by atoms with van der Waals surface area (Å²) in [6.45, 7) is 2.56. The Balaban J connectivity index is 2.72. The van der Waals surface area contributed by atoms with E-state index in [4.69, 9.17) is 27.4 Å². The summed E-state index contributed by atoms with van der Waals surface area (Å²) in [4.78, 5) is 11.9. The molecule has 5 nitrogen and oxygen atoms in total. The number of ether oxygens (including phenoxy) is 2. The fourth-order valence-electron chi connectivity index (χ4n) is 1.44. The van der Waals surface area contributed by atoms with Crippen molar-refractivity contribution >= 4 is 28.8 Å². The molecule has 0 atom stereocenters. The zero-order chi connectivity index (χ0) is 14.3. The summed E-state index contributed by atoms with van der Waals surface area (Å²) in [6.07, 6.45) is 0.874. The molecule has 3 N–H and O–H groups in total. The van der Waals surface area contributed by atoms with Gasteiger partial charge in [0.1, 0.15) is 17.3 Å². The molecule has 1 aromatic carbocycles. The smallest absolute Gasteiger partial charge is 0.250 e. The highest BCUT2D eigenvalue weighted by Crippen LogP contribution is 2.25. The van der Waals surface area contributed by atoms with Crippen molar-refractivity contribution in [3.8, 4) is 5.75 Å². The molecule has 0 bridgehead atoms. The van der Waals surface area contributed by atoms with Gasteiger partial charge in [0.25, 0.3) is 0 Å². The summed E-state index contributed by atoms with van der Waals surface area (Å²) in [5.41, 5.74) is 6.79. The van der Waals surface area contributed by atoms with Crippen LogP contribution in [0.25, 0.3) is 0 Å². The first-order valence-electron chi connectivity index (χ1n) is 5.94. The first-order chi connectivity index (χ1) is 9.08. The van der Waals surface area contributed by atoms with E-state index in [0.29, 0.717) is 23.6 Å². The maximum Gasteiger partial charge on any atom is 0.250 e. The van der Waals surface area contributed by atoms with Crippen LogP contribution in [0.5, 0.6) is 5.75 Å². The monoisotopic (exact) mass is 282 g/mol. The predicted molar refractivity (Wildman–Crippen MR) is 78.6 cm³/mol. The minimum absolute atomic E-state index is 0.0219. The third kappa shape index (κ3) is 4.84. The molecule has 104 valence electrons. The summed E-state index contributed by atoms with van der Waals surface area (Å²) >= 11 is 4.89. The number of carbonyl (C=O) groups is 1. The quantitative estimate of drug-likeness (QED) is 0.588. The lowest BCUT2D eigenvalue weighted by atomic mass is 10.2. The van der Waals surface area contributed by atoms with Gasteiger partial charge in [0.15, 0.2) is 0 Å². The lowest BCUT2D eigenvalue weighted by molar-refractivity contribution is -0.120. The maximum absolute atomic E-state index is 11.6. The van der Waals surface area contributed by atoms with Crippen molar-refractivity contribution in [1.82, 2.24) is 0 Å². The molecule has 0 saturated heterocycles. The van der Waals surface area contributed by atoms with Crippen LogP contribution >= 0.6 is 12.2 Å². The van der Waals surface area contributed by atoms with Gasteiger partial charge >= 0.3 is 0 Å². The molecule has 0 aliphatic rings. The van der Waals surface area contributed by atoms with Gasteiger partial charge in [-0.3, -0.25) is 4.79 Å². The molecule has 0 aromatic heterocycles. The van der Waals surface area contributed by atoms with Gasteiger partial charge in [0, 0.05) is 12.2 Å². The molecule has 0 radical (unpaired) electrons. The van der Waals surface area contributed by atoms with E-state index in [1.54, 1.807) is 18.2 Å². The zero-order valence-electron chi connectivity index (χ0n) is 11.1. The number of benzene rings is 1. The predicted octanol–water partition coefficient (Wildman–Crippen LogP) is 1.69. The fraction of sp³-hybridized carbons (Fsp3) is 0.385. The normalized spacial score (nSPS) is 10.0. The maximum atomic E-state index is 11.6. The Morgan fingerprint density at radius 1 is 1.47 bits per heavy atom. The Bertz CT molecular complexity index is 463. The third-order valence-corrected chi connectivity index (χ3v) is 2.58. The van der Waals surface area contributed by atoms with E-state index in [2.05, 4.69) is 5.32 Å². The zero-order valence-corrected chi connectivity index (χ0v) is 11.9. The highest BCUT2D eigenvalue weighted by Gasteiger charge is 2.09.